The van der Waals surface area contributed by atoms with Crippen LogP contribution >= 0.6 is 0 Å². The van der Waals surface area contributed by atoms with Crippen LogP contribution in [0.25, 0.3) is 0 Å². The summed E-state index contributed by atoms with van der Waals surface area (Å²) >= 11 is 0. The van der Waals surface area contributed by atoms with Gasteiger partial charge in [-0.1, -0.05) is 160 Å². The molecule has 0 radical (unpaired) electrons. The molecule has 13 heteroatoms. The second-order valence-corrected chi connectivity index (χ2v) is 17.6. The zero-order chi connectivity index (χ0) is 42.7. The average molecular weight is 847 g/mol. The Morgan fingerprint density at radius 3 is 1.55 bits per heavy atom. The maximum atomic E-state index is 12.8. The summed E-state index contributed by atoms with van der Waals surface area (Å²) in [4.78, 5) is 25.4. The molecule has 6 atom stereocenters. The molecule has 58 heavy (non-hydrogen) atoms. The smallest absolute Gasteiger partial charge is 0.306 e. The van der Waals surface area contributed by atoms with Gasteiger partial charge in [-0.3, -0.25) is 14.1 Å². The molecule has 0 aliphatic carbocycles. The van der Waals surface area contributed by atoms with Crippen LogP contribution in [0.2, 0.25) is 0 Å². The van der Waals surface area contributed by atoms with Crippen molar-refractivity contribution in [2.24, 2.45) is 0 Å². The topological polar surface area (TPSA) is 186 Å². The largest absolute Gasteiger partial charge is 0.462 e. The molecule has 1 aliphatic heterocycles. The number of unbranched alkanes of at least 4 members (excludes halogenated alkanes) is 22. The Balaban J connectivity index is 2.44. The lowest BCUT2D eigenvalue weighted by atomic mass is 10.00. The van der Waals surface area contributed by atoms with Crippen LogP contribution in [-0.4, -0.2) is 96.0 Å². The van der Waals surface area contributed by atoms with Crippen molar-refractivity contribution in [2.75, 3.05) is 19.0 Å². The van der Waals surface area contributed by atoms with E-state index in [1.807, 2.05) is 0 Å². The van der Waals surface area contributed by atoms with Gasteiger partial charge in [-0.25, -0.2) is 0 Å². The van der Waals surface area contributed by atoms with E-state index in [4.69, 9.17) is 18.9 Å². The van der Waals surface area contributed by atoms with Gasteiger partial charge in [-0.05, 0) is 44.9 Å². The van der Waals surface area contributed by atoms with Gasteiger partial charge in [0, 0.05) is 12.8 Å². The summed E-state index contributed by atoms with van der Waals surface area (Å²) in [7, 11) is -4.60. The third-order valence-corrected chi connectivity index (χ3v) is 11.3. The number of carbonyl (C=O) groups excluding carboxylic acids is 2. The van der Waals surface area contributed by atoms with Gasteiger partial charge in [0.05, 0.1) is 6.61 Å². The van der Waals surface area contributed by atoms with Crippen molar-refractivity contribution in [3.8, 4) is 0 Å². The first kappa shape index (κ1) is 54.1. The van der Waals surface area contributed by atoms with Crippen LogP contribution in [0.1, 0.15) is 194 Å². The Labute approximate surface area is 351 Å². The molecule has 1 saturated heterocycles. The van der Waals surface area contributed by atoms with Crippen LogP contribution in [0.15, 0.2) is 24.3 Å². The van der Waals surface area contributed by atoms with E-state index in [1.54, 1.807) is 0 Å². The molecule has 1 heterocycles. The number of allylic oxidation sites excluding steroid dienone is 4. The molecular formula is C45H82O12S. The van der Waals surface area contributed by atoms with Crippen molar-refractivity contribution < 1.29 is 56.8 Å². The van der Waals surface area contributed by atoms with Crippen molar-refractivity contribution in [1.29, 1.82) is 0 Å². The van der Waals surface area contributed by atoms with Gasteiger partial charge >= 0.3 is 11.9 Å². The monoisotopic (exact) mass is 847 g/mol. The third-order valence-electron chi connectivity index (χ3n) is 10.5. The second kappa shape index (κ2) is 35.8. The predicted octanol–water partition coefficient (Wildman–Crippen LogP) is 9.23. The Morgan fingerprint density at radius 2 is 1.03 bits per heavy atom. The fourth-order valence-electron chi connectivity index (χ4n) is 6.94. The van der Waals surface area contributed by atoms with E-state index >= 15 is 0 Å². The number of rotatable bonds is 38. The van der Waals surface area contributed by atoms with Crippen molar-refractivity contribution in [3.63, 3.8) is 0 Å². The molecule has 340 valence electrons. The summed E-state index contributed by atoms with van der Waals surface area (Å²) < 4.78 is 54.0. The molecule has 1 rings (SSSR count). The molecule has 0 saturated carbocycles. The van der Waals surface area contributed by atoms with Crippen LogP contribution in [0.3, 0.4) is 0 Å². The van der Waals surface area contributed by atoms with Gasteiger partial charge < -0.3 is 34.3 Å². The highest BCUT2D eigenvalue weighted by Crippen LogP contribution is 2.24. The Morgan fingerprint density at radius 1 is 0.586 bits per heavy atom. The molecule has 4 N–H and O–H groups in total. The van der Waals surface area contributed by atoms with E-state index in [1.165, 1.54) is 96.3 Å². The average Bonchev–Trinajstić information content (AvgIpc) is 3.18. The van der Waals surface area contributed by atoms with Gasteiger partial charge in [0.25, 0.3) is 10.1 Å². The second-order valence-electron chi connectivity index (χ2n) is 16.1. The summed E-state index contributed by atoms with van der Waals surface area (Å²) in [5.41, 5.74) is 0. The molecule has 0 aromatic heterocycles. The summed E-state index contributed by atoms with van der Waals surface area (Å²) in [6, 6.07) is 0. The summed E-state index contributed by atoms with van der Waals surface area (Å²) in [5, 5.41) is 30.9. The minimum atomic E-state index is -4.60. The molecular weight excluding hydrogens is 765 g/mol. The zero-order valence-electron chi connectivity index (χ0n) is 36.2. The number of hydrogen-bond acceptors (Lipinski definition) is 11. The van der Waals surface area contributed by atoms with E-state index in [2.05, 4.69) is 38.2 Å². The molecule has 6 unspecified atom stereocenters. The van der Waals surface area contributed by atoms with Crippen molar-refractivity contribution >= 4 is 22.1 Å². The minimum Gasteiger partial charge on any atom is -0.462 e. The molecule has 0 aromatic carbocycles. The van der Waals surface area contributed by atoms with E-state index < -0.39 is 71.2 Å². The van der Waals surface area contributed by atoms with Crippen molar-refractivity contribution in [2.45, 2.75) is 230 Å². The highest BCUT2D eigenvalue weighted by atomic mass is 32.2. The molecule has 0 bridgehead atoms. The standard InChI is InChI=1S/C45H82O12S/c1-3-5-7-9-11-13-15-17-18-19-20-22-24-26-28-30-32-34-41(47)56-38(36-55-45-44(50)43(49)42(48)39(57-45)37-58(51,52)53)35-54-40(46)33-31-29-27-25-23-21-16-14-12-10-8-6-4-2/h11,13,17-18,38-39,42-45,48-50H,3-10,12,14-16,19-37H2,1-2H3,(H,51,52,53)/b13-11-,18-17-. The SMILES string of the molecule is CCCCC/C=C\C/C=C\CCCCCCCCCC(=O)OC(COC(=O)CCCCCCCCCCCCCCC)COC1OC(CS(=O)(=O)O)C(O)C(O)C1O. The molecule has 12 nitrogen and oxygen atoms in total. The fraction of sp³-hybridized carbons (Fsp3) is 0.867. The van der Waals surface area contributed by atoms with Crippen LogP contribution in [0, 0.1) is 0 Å². The van der Waals surface area contributed by atoms with Crippen molar-refractivity contribution in [3.05, 3.63) is 24.3 Å². The summed E-state index contributed by atoms with van der Waals surface area (Å²) in [6.07, 6.45) is 29.3. The number of hydrogen-bond donors (Lipinski definition) is 4. The van der Waals surface area contributed by atoms with Gasteiger partial charge in [0.1, 0.15) is 36.8 Å². The van der Waals surface area contributed by atoms with Gasteiger partial charge in [-0.2, -0.15) is 8.42 Å². The van der Waals surface area contributed by atoms with Crippen molar-refractivity contribution in [1.82, 2.24) is 0 Å². The number of carbonyl (C=O) groups is 2. The Bertz CT molecular complexity index is 1180. The maximum absolute atomic E-state index is 12.8. The normalized spacial score (nSPS) is 20.6. The highest BCUT2D eigenvalue weighted by molar-refractivity contribution is 7.85. The van der Waals surface area contributed by atoms with Crippen LogP contribution in [0.4, 0.5) is 0 Å². The van der Waals surface area contributed by atoms with Crippen LogP contribution in [0.5, 0.6) is 0 Å². The van der Waals surface area contributed by atoms with Gasteiger partial charge in [-0.15, -0.1) is 0 Å². The third kappa shape index (κ3) is 30.2. The molecule has 0 amide bonds. The van der Waals surface area contributed by atoms with Crippen LogP contribution in [-0.2, 0) is 38.7 Å². The zero-order valence-corrected chi connectivity index (χ0v) is 37.0. The number of aliphatic hydroxyl groups excluding tert-OH is 3. The lowest BCUT2D eigenvalue weighted by Crippen LogP contribution is -2.60. The number of esters is 2. The Kier molecular flexibility index (Phi) is 33.5. The quantitative estimate of drug-likeness (QED) is 0.0200. The van der Waals surface area contributed by atoms with Crippen LogP contribution < -0.4 is 0 Å². The van der Waals surface area contributed by atoms with Gasteiger partial charge in [0.15, 0.2) is 12.4 Å². The molecule has 1 fully saturated rings. The summed E-state index contributed by atoms with van der Waals surface area (Å²) in [5.74, 6) is -1.98. The summed E-state index contributed by atoms with van der Waals surface area (Å²) in [6.45, 7) is 3.73. The van der Waals surface area contributed by atoms with Gasteiger partial charge in [0.2, 0.25) is 0 Å². The molecule has 0 aromatic rings. The number of aliphatic hydroxyl groups is 3. The highest BCUT2D eigenvalue weighted by Gasteiger charge is 2.46. The maximum Gasteiger partial charge on any atom is 0.306 e. The molecule has 0 spiro atoms. The predicted molar refractivity (Wildman–Crippen MR) is 229 cm³/mol. The fourth-order valence-corrected chi connectivity index (χ4v) is 7.63. The van der Waals surface area contributed by atoms with E-state index in [9.17, 15) is 37.9 Å². The first-order valence-corrected chi connectivity index (χ1v) is 24.5. The minimum absolute atomic E-state index is 0.158. The lowest BCUT2D eigenvalue weighted by molar-refractivity contribution is -0.297. The first-order chi connectivity index (χ1) is 28.0. The van der Waals surface area contributed by atoms with E-state index in [0.29, 0.717) is 12.8 Å². The lowest BCUT2D eigenvalue weighted by Gasteiger charge is -2.40. The van der Waals surface area contributed by atoms with E-state index in [-0.39, 0.29) is 19.4 Å². The Hall–Kier alpha value is -1.87. The van der Waals surface area contributed by atoms with E-state index in [0.717, 1.165) is 57.8 Å². The first-order valence-electron chi connectivity index (χ1n) is 22.9. The number of ether oxygens (including phenoxy) is 4. The molecule has 1 aliphatic rings.